The summed E-state index contributed by atoms with van der Waals surface area (Å²) in [6.45, 7) is 4.62. The number of hydrogen-bond donors (Lipinski definition) is 2. The van der Waals surface area contributed by atoms with Crippen molar-refractivity contribution in [3.8, 4) is 0 Å². The van der Waals surface area contributed by atoms with E-state index in [0.717, 1.165) is 12.8 Å². The van der Waals surface area contributed by atoms with Gasteiger partial charge in [-0.3, -0.25) is 4.79 Å². The van der Waals surface area contributed by atoms with E-state index in [2.05, 4.69) is 9.97 Å². The Morgan fingerprint density at radius 3 is 2.82 bits per heavy atom. The van der Waals surface area contributed by atoms with Crippen molar-refractivity contribution in [3.05, 3.63) is 22.2 Å². The Morgan fingerprint density at radius 1 is 1.59 bits per heavy atom. The number of aliphatic hydroxyl groups is 1. The summed E-state index contributed by atoms with van der Waals surface area (Å²) in [5, 5.41) is 9.07. The molecule has 0 aromatic carbocycles. The molecular weight excluding hydrogens is 218 g/mol. The van der Waals surface area contributed by atoms with E-state index in [0.29, 0.717) is 24.2 Å². The number of aromatic nitrogens is 2. The Labute approximate surface area is 100 Å². The van der Waals surface area contributed by atoms with E-state index in [9.17, 15) is 4.79 Å². The predicted octanol–water partition coefficient (Wildman–Crippen LogP) is 0.854. The molecule has 0 unspecified atom stereocenters. The summed E-state index contributed by atoms with van der Waals surface area (Å²) in [6, 6.07) is 1.95. The van der Waals surface area contributed by atoms with Crippen LogP contribution in [0.1, 0.15) is 38.4 Å². The minimum Gasteiger partial charge on any atom is -0.395 e. The van der Waals surface area contributed by atoms with E-state index in [1.165, 1.54) is 6.07 Å². The van der Waals surface area contributed by atoms with Gasteiger partial charge in [0, 0.05) is 24.6 Å². The fraction of sp³-hybridized carbons (Fsp3) is 0.667. The summed E-state index contributed by atoms with van der Waals surface area (Å²) in [6.07, 6.45) is 2.23. The van der Waals surface area contributed by atoms with E-state index >= 15 is 0 Å². The van der Waals surface area contributed by atoms with Gasteiger partial charge in [0.15, 0.2) is 0 Å². The van der Waals surface area contributed by atoms with Crippen LogP contribution in [0.2, 0.25) is 0 Å². The molecule has 1 aliphatic carbocycles. The Kier molecular flexibility index (Phi) is 3.47. The zero-order valence-corrected chi connectivity index (χ0v) is 10.3. The maximum atomic E-state index is 11.6. The first-order chi connectivity index (χ1) is 8.11. The van der Waals surface area contributed by atoms with Crippen molar-refractivity contribution in [1.82, 2.24) is 9.97 Å². The van der Waals surface area contributed by atoms with Gasteiger partial charge in [0.2, 0.25) is 0 Å². The number of nitrogens with zero attached hydrogens (tertiary/aromatic N) is 2. The maximum Gasteiger partial charge on any atom is 0.252 e. The lowest BCUT2D eigenvalue weighted by atomic mass is 10.2. The van der Waals surface area contributed by atoms with Crippen LogP contribution in [0.3, 0.4) is 0 Å². The molecule has 1 fully saturated rings. The second-order valence-electron chi connectivity index (χ2n) is 4.79. The Morgan fingerprint density at radius 2 is 2.29 bits per heavy atom. The van der Waals surface area contributed by atoms with Crippen LogP contribution in [0.4, 0.5) is 5.82 Å². The molecule has 0 spiro atoms. The minimum absolute atomic E-state index is 0.0853. The van der Waals surface area contributed by atoms with Crippen LogP contribution in [0.25, 0.3) is 0 Å². The molecule has 0 amide bonds. The smallest absolute Gasteiger partial charge is 0.252 e. The van der Waals surface area contributed by atoms with E-state index in [4.69, 9.17) is 5.11 Å². The van der Waals surface area contributed by atoms with Crippen molar-refractivity contribution in [2.75, 3.05) is 18.1 Å². The van der Waals surface area contributed by atoms with E-state index < -0.39 is 0 Å². The molecule has 2 rings (SSSR count). The standard InChI is InChI=1S/C12H19N3O2/c1-8(2)12-13-10(7-11(17)14-12)15(5-6-16)9-3-4-9/h7-9,16H,3-6H2,1-2H3,(H,13,14,17). The fourth-order valence-corrected chi connectivity index (χ4v) is 1.86. The van der Waals surface area contributed by atoms with Crippen molar-refractivity contribution in [3.63, 3.8) is 0 Å². The molecule has 2 N–H and O–H groups in total. The first kappa shape index (κ1) is 12.1. The third kappa shape index (κ3) is 2.85. The van der Waals surface area contributed by atoms with Gasteiger partial charge in [-0.25, -0.2) is 4.98 Å². The van der Waals surface area contributed by atoms with E-state index in [-0.39, 0.29) is 18.1 Å². The second-order valence-corrected chi connectivity index (χ2v) is 4.79. The second kappa shape index (κ2) is 4.87. The zero-order chi connectivity index (χ0) is 12.4. The average molecular weight is 237 g/mol. The molecule has 1 aromatic heterocycles. The van der Waals surface area contributed by atoms with E-state index in [1.54, 1.807) is 0 Å². The highest BCUT2D eigenvalue weighted by Gasteiger charge is 2.30. The summed E-state index contributed by atoms with van der Waals surface area (Å²) in [5.41, 5.74) is -0.123. The zero-order valence-electron chi connectivity index (χ0n) is 10.3. The van der Waals surface area contributed by atoms with Crippen LogP contribution in [0.15, 0.2) is 10.9 Å². The van der Waals surface area contributed by atoms with Gasteiger partial charge in [0.1, 0.15) is 11.6 Å². The van der Waals surface area contributed by atoms with Gasteiger partial charge in [0.25, 0.3) is 5.56 Å². The van der Waals surface area contributed by atoms with Crippen LogP contribution in [-0.4, -0.2) is 34.3 Å². The third-order valence-corrected chi connectivity index (χ3v) is 2.92. The molecule has 1 aromatic rings. The predicted molar refractivity (Wildman–Crippen MR) is 66.4 cm³/mol. The van der Waals surface area contributed by atoms with Crippen molar-refractivity contribution in [1.29, 1.82) is 0 Å². The highest BCUT2D eigenvalue weighted by atomic mass is 16.3. The SMILES string of the molecule is CC(C)c1nc(N(CCO)C2CC2)cc(=O)[nH]1. The van der Waals surface area contributed by atoms with Crippen molar-refractivity contribution >= 4 is 5.82 Å². The van der Waals surface area contributed by atoms with Gasteiger partial charge in [-0.05, 0) is 12.8 Å². The molecule has 1 saturated carbocycles. The molecule has 0 bridgehead atoms. The molecule has 0 radical (unpaired) electrons. The highest BCUT2D eigenvalue weighted by molar-refractivity contribution is 5.40. The third-order valence-electron chi connectivity index (χ3n) is 2.92. The summed E-state index contributed by atoms with van der Waals surface area (Å²) >= 11 is 0. The van der Waals surface area contributed by atoms with Crippen molar-refractivity contribution in [2.24, 2.45) is 0 Å². The number of rotatable bonds is 5. The normalized spacial score (nSPS) is 15.3. The quantitative estimate of drug-likeness (QED) is 0.796. The summed E-state index contributed by atoms with van der Waals surface area (Å²) < 4.78 is 0. The molecule has 1 aliphatic rings. The number of anilines is 1. The number of hydrogen-bond acceptors (Lipinski definition) is 4. The first-order valence-corrected chi connectivity index (χ1v) is 6.10. The summed E-state index contributed by atoms with van der Waals surface area (Å²) in [4.78, 5) is 20.8. The first-order valence-electron chi connectivity index (χ1n) is 6.10. The molecule has 5 heteroatoms. The number of H-pyrrole nitrogens is 1. The largest absolute Gasteiger partial charge is 0.395 e. The molecule has 0 saturated heterocycles. The van der Waals surface area contributed by atoms with Gasteiger partial charge in [-0.1, -0.05) is 13.8 Å². The number of aromatic amines is 1. The van der Waals surface area contributed by atoms with E-state index in [1.807, 2.05) is 18.7 Å². The molecule has 17 heavy (non-hydrogen) atoms. The lowest BCUT2D eigenvalue weighted by molar-refractivity contribution is 0.301. The van der Waals surface area contributed by atoms with Gasteiger partial charge in [-0.2, -0.15) is 0 Å². The monoisotopic (exact) mass is 237 g/mol. The van der Waals surface area contributed by atoms with Crippen molar-refractivity contribution < 1.29 is 5.11 Å². The Hall–Kier alpha value is -1.36. The summed E-state index contributed by atoms with van der Waals surface area (Å²) in [5.74, 6) is 1.59. The molecular formula is C12H19N3O2. The number of nitrogens with one attached hydrogen (secondary N) is 1. The van der Waals surface area contributed by atoms with Crippen LogP contribution < -0.4 is 10.5 Å². The topological polar surface area (TPSA) is 69.2 Å². The number of aliphatic hydroxyl groups excluding tert-OH is 1. The lowest BCUT2D eigenvalue weighted by Gasteiger charge is -2.22. The Balaban J connectivity index is 2.32. The van der Waals surface area contributed by atoms with Gasteiger partial charge in [0.05, 0.1) is 6.61 Å². The van der Waals surface area contributed by atoms with Crippen LogP contribution in [0, 0.1) is 0 Å². The highest BCUT2D eigenvalue weighted by Crippen LogP contribution is 2.30. The molecule has 5 nitrogen and oxygen atoms in total. The maximum absolute atomic E-state index is 11.6. The summed E-state index contributed by atoms with van der Waals surface area (Å²) in [7, 11) is 0. The van der Waals surface area contributed by atoms with Crippen LogP contribution in [0.5, 0.6) is 0 Å². The molecule has 0 aliphatic heterocycles. The molecule has 0 atom stereocenters. The molecule has 1 heterocycles. The minimum atomic E-state index is -0.123. The van der Waals surface area contributed by atoms with Crippen LogP contribution >= 0.6 is 0 Å². The Bertz CT molecular complexity index is 438. The van der Waals surface area contributed by atoms with Crippen molar-refractivity contribution in [2.45, 2.75) is 38.6 Å². The van der Waals surface area contributed by atoms with Gasteiger partial charge < -0.3 is 15.0 Å². The lowest BCUT2D eigenvalue weighted by Crippen LogP contribution is -2.31. The van der Waals surface area contributed by atoms with Gasteiger partial charge in [-0.15, -0.1) is 0 Å². The fourth-order valence-electron chi connectivity index (χ4n) is 1.86. The van der Waals surface area contributed by atoms with Crippen LogP contribution in [-0.2, 0) is 0 Å². The van der Waals surface area contributed by atoms with Gasteiger partial charge >= 0.3 is 0 Å². The average Bonchev–Trinajstić information content (AvgIpc) is 3.08. The molecule has 94 valence electrons.